The van der Waals surface area contributed by atoms with E-state index in [4.69, 9.17) is 5.11 Å². The maximum Gasteiger partial charge on any atom is 0.303 e. The Morgan fingerprint density at radius 2 is 1.79 bits per heavy atom. The topological polar surface area (TPSA) is 77.8 Å². The first-order chi connectivity index (χ1) is 13.9. The number of aliphatic carboxylic acids is 1. The van der Waals surface area contributed by atoms with Gasteiger partial charge in [-0.15, -0.1) is 0 Å². The lowest BCUT2D eigenvalue weighted by atomic mass is 9.89. The molecule has 0 radical (unpaired) electrons. The summed E-state index contributed by atoms with van der Waals surface area (Å²) in [6, 6.07) is 0.0750. The molecule has 1 aliphatic rings. The molecular weight excluding hydrogens is 386 g/mol. The molecule has 0 bridgehead atoms. The van der Waals surface area contributed by atoms with Crippen molar-refractivity contribution in [3.8, 4) is 0 Å². The number of hydrogen-bond donors (Lipinski definition) is 2. The molecule has 6 heteroatoms. The van der Waals surface area contributed by atoms with Gasteiger partial charge in [0.25, 0.3) is 0 Å². The van der Waals surface area contributed by atoms with Crippen LogP contribution in [0.5, 0.6) is 0 Å². The maximum atomic E-state index is 12.3. The zero-order valence-corrected chi connectivity index (χ0v) is 19.2. The van der Waals surface area contributed by atoms with E-state index in [0.29, 0.717) is 19.4 Å². The molecule has 1 heterocycles. The van der Waals surface area contributed by atoms with Crippen LogP contribution in [0.15, 0.2) is 12.2 Å². The van der Waals surface area contributed by atoms with Crippen molar-refractivity contribution >= 4 is 23.6 Å². The van der Waals surface area contributed by atoms with Crippen LogP contribution in [0.1, 0.15) is 90.9 Å². The van der Waals surface area contributed by atoms with Crippen LogP contribution in [0, 0.1) is 0 Å². The Morgan fingerprint density at radius 3 is 2.38 bits per heavy atom. The van der Waals surface area contributed by atoms with Gasteiger partial charge in [0.15, 0.2) is 0 Å². The zero-order chi connectivity index (χ0) is 21.5. The highest BCUT2D eigenvalue weighted by Gasteiger charge is 2.30. The molecule has 5 nitrogen and oxygen atoms in total. The van der Waals surface area contributed by atoms with E-state index in [1.807, 2.05) is 11.0 Å². The molecule has 29 heavy (non-hydrogen) atoms. The Balaban J connectivity index is 2.55. The van der Waals surface area contributed by atoms with Gasteiger partial charge in [0.1, 0.15) is 0 Å². The lowest BCUT2D eigenvalue weighted by Gasteiger charge is -2.27. The van der Waals surface area contributed by atoms with E-state index < -0.39 is 11.6 Å². The molecular formula is C23H41NO4S. The van der Waals surface area contributed by atoms with Crippen molar-refractivity contribution in [2.45, 2.75) is 103 Å². The molecule has 1 fully saturated rings. The summed E-state index contributed by atoms with van der Waals surface area (Å²) in [6.07, 6.45) is 14.5. The van der Waals surface area contributed by atoms with Crippen molar-refractivity contribution in [2.24, 2.45) is 0 Å². The summed E-state index contributed by atoms with van der Waals surface area (Å²) in [5, 5.41) is 19.8. The third-order valence-corrected chi connectivity index (χ3v) is 6.63. The predicted molar refractivity (Wildman–Crippen MR) is 121 cm³/mol. The first-order valence-corrected chi connectivity index (χ1v) is 12.6. The number of carbonyl (C=O) groups excluding carboxylic acids is 1. The van der Waals surface area contributed by atoms with Crippen molar-refractivity contribution in [3.05, 3.63) is 12.2 Å². The van der Waals surface area contributed by atoms with Gasteiger partial charge in [0.05, 0.1) is 11.6 Å². The molecule has 0 unspecified atom stereocenters. The smallest absolute Gasteiger partial charge is 0.303 e. The van der Waals surface area contributed by atoms with Gasteiger partial charge in [-0.25, -0.2) is 0 Å². The molecule has 0 spiro atoms. The van der Waals surface area contributed by atoms with Crippen LogP contribution in [0.4, 0.5) is 0 Å². The van der Waals surface area contributed by atoms with E-state index in [0.717, 1.165) is 69.3 Å². The van der Waals surface area contributed by atoms with Crippen molar-refractivity contribution in [2.75, 3.05) is 18.1 Å². The van der Waals surface area contributed by atoms with E-state index in [2.05, 4.69) is 19.9 Å². The minimum absolute atomic E-state index is 0.0750. The van der Waals surface area contributed by atoms with Gasteiger partial charge < -0.3 is 15.1 Å². The van der Waals surface area contributed by atoms with E-state index in [1.54, 1.807) is 11.8 Å². The second-order valence-corrected chi connectivity index (χ2v) is 9.40. The number of unbranched alkanes of at least 4 members (excludes halogenated alkanes) is 4. The summed E-state index contributed by atoms with van der Waals surface area (Å²) in [7, 11) is 0. The van der Waals surface area contributed by atoms with Crippen LogP contribution in [0.2, 0.25) is 0 Å². The van der Waals surface area contributed by atoms with Crippen LogP contribution < -0.4 is 0 Å². The Hall–Kier alpha value is -1.01. The summed E-state index contributed by atoms with van der Waals surface area (Å²) in [4.78, 5) is 24.8. The fourth-order valence-corrected chi connectivity index (χ4v) is 4.66. The average Bonchev–Trinajstić information content (AvgIpc) is 3.03. The maximum absolute atomic E-state index is 12.3. The summed E-state index contributed by atoms with van der Waals surface area (Å²) < 4.78 is 0. The molecule has 0 aliphatic carbocycles. The Morgan fingerprint density at radius 1 is 1.14 bits per heavy atom. The van der Waals surface area contributed by atoms with Crippen molar-refractivity contribution in [1.29, 1.82) is 0 Å². The minimum Gasteiger partial charge on any atom is -0.481 e. The first-order valence-electron chi connectivity index (χ1n) is 11.4. The SMILES string of the molecule is CCCCCC(O)(C=C[C@H]1CCC(=O)N1CCSCCCC(=O)O)CCCCC. The number of hydrogen-bond acceptors (Lipinski definition) is 4. The van der Waals surface area contributed by atoms with Crippen LogP contribution in [-0.2, 0) is 9.59 Å². The van der Waals surface area contributed by atoms with Gasteiger partial charge in [-0.05, 0) is 31.4 Å². The van der Waals surface area contributed by atoms with Gasteiger partial charge in [-0.1, -0.05) is 64.5 Å². The number of thioether (sulfide) groups is 1. The lowest BCUT2D eigenvalue weighted by molar-refractivity contribution is -0.137. The Bertz CT molecular complexity index is 499. The van der Waals surface area contributed by atoms with Gasteiger partial charge in [-0.3, -0.25) is 9.59 Å². The molecule has 168 valence electrons. The molecule has 1 atom stereocenters. The van der Waals surface area contributed by atoms with Gasteiger partial charge >= 0.3 is 5.97 Å². The molecule has 0 saturated carbocycles. The second-order valence-electron chi connectivity index (χ2n) is 8.18. The number of aliphatic hydroxyl groups is 1. The third-order valence-electron chi connectivity index (χ3n) is 5.59. The van der Waals surface area contributed by atoms with Crippen molar-refractivity contribution < 1.29 is 19.8 Å². The second kappa shape index (κ2) is 14.9. The fraction of sp³-hybridized carbons (Fsp3) is 0.826. The summed E-state index contributed by atoms with van der Waals surface area (Å²) in [5.41, 5.74) is -0.757. The molecule has 1 rings (SSSR count). The first kappa shape index (κ1) is 26.0. The molecule has 1 saturated heterocycles. The summed E-state index contributed by atoms with van der Waals surface area (Å²) >= 11 is 1.71. The number of carbonyl (C=O) groups is 2. The highest BCUT2D eigenvalue weighted by Crippen LogP contribution is 2.27. The Kier molecular flexibility index (Phi) is 13.4. The van der Waals surface area contributed by atoms with E-state index in [9.17, 15) is 14.7 Å². The molecule has 1 amide bonds. The van der Waals surface area contributed by atoms with E-state index in [-0.39, 0.29) is 18.4 Å². The monoisotopic (exact) mass is 427 g/mol. The lowest BCUT2D eigenvalue weighted by Crippen LogP contribution is -2.34. The number of carboxylic acids is 1. The largest absolute Gasteiger partial charge is 0.481 e. The molecule has 0 aromatic rings. The van der Waals surface area contributed by atoms with E-state index in [1.165, 1.54) is 0 Å². The fourth-order valence-electron chi connectivity index (χ4n) is 3.78. The normalized spacial score (nSPS) is 17.6. The molecule has 0 aromatic carbocycles. The van der Waals surface area contributed by atoms with Crippen LogP contribution >= 0.6 is 11.8 Å². The minimum atomic E-state index is -0.757. The van der Waals surface area contributed by atoms with Crippen molar-refractivity contribution in [3.63, 3.8) is 0 Å². The summed E-state index contributed by atoms with van der Waals surface area (Å²) in [6.45, 7) is 5.04. The highest BCUT2D eigenvalue weighted by atomic mass is 32.2. The number of nitrogens with zero attached hydrogens (tertiary/aromatic N) is 1. The Labute approximate surface area is 181 Å². The quantitative estimate of drug-likeness (QED) is 0.252. The van der Waals surface area contributed by atoms with Crippen LogP contribution in [0.3, 0.4) is 0 Å². The molecule has 2 N–H and O–H groups in total. The standard InChI is InChI=1S/C23H41NO4S/c1-3-5-7-14-23(28,15-8-6-4-2)16-13-20-11-12-21(25)24(20)17-19-29-18-9-10-22(26)27/h13,16,20,28H,3-12,14-15,17-19H2,1-2H3,(H,26,27)/t20-/m1/s1. The number of likely N-dealkylation sites (tertiary alicyclic amines) is 1. The average molecular weight is 428 g/mol. The van der Waals surface area contributed by atoms with E-state index >= 15 is 0 Å². The highest BCUT2D eigenvalue weighted by molar-refractivity contribution is 7.99. The molecule has 0 aromatic heterocycles. The predicted octanol–water partition coefficient (Wildman–Crippen LogP) is 5.02. The van der Waals surface area contributed by atoms with Crippen LogP contribution in [-0.4, -0.2) is 56.7 Å². The third kappa shape index (κ3) is 11.1. The molecule has 1 aliphatic heterocycles. The zero-order valence-electron chi connectivity index (χ0n) is 18.4. The van der Waals surface area contributed by atoms with Gasteiger partial charge in [0.2, 0.25) is 5.91 Å². The van der Waals surface area contributed by atoms with Crippen molar-refractivity contribution in [1.82, 2.24) is 4.90 Å². The van der Waals surface area contributed by atoms with Gasteiger partial charge in [-0.2, -0.15) is 11.8 Å². The van der Waals surface area contributed by atoms with Crippen LogP contribution in [0.25, 0.3) is 0 Å². The summed E-state index contributed by atoms with van der Waals surface area (Å²) in [5.74, 6) is 1.07. The number of amides is 1. The number of carboxylic acid groups (broad SMARTS) is 1. The van der Waals surface area contributed by atoms with Gasteiger partial charge in [0, 0.05) is 25.1 Å². The number of rotatable bonds is 17.